The maximum Gasteiger partial charge on any atom is 0.261 e. The number of carbonyl (C=O) groups excluding carboxylic acids is 2. The molecule has 0 fully saturated rings. The van der Waals surface area contributed by atoms with Crippen molar-refractivity contribution in [3.05, 3.63) is 57.9 Å². The molecule has 7 heteroatoms. The quantitative estimate of drug-likeness (QED) is 0.554. The Kier molecular flexibility index (Phi) is 6.49. The topological polar surface area (TPSA) is 84.2 Å². The second-order valence-electron chi connectivity index (χ2n) is 6.99. The van der Waals surface area contributed by atoms with Crippen molar-refractivity contribution in [1.29, 1.82) is 0 Å². The number of aryl methyl sites for hydroxylation is 3. The lowest BCUT2D eigenvalue weighted by Crippen LogP contribution is -2.21. The van der Waals surface area contributed by atoms with Crippen LogP contribution in [0.25, 0.3) is 11.3 Å². The summed E-state index contributed by atoms with van der Waals surface area (Å²) in [5, 5.41) is 8.17. The van der Waals surface area contributed by atoms with Gasteiger partial charge in [-0.1, -0.05) is 24.3 Å². The average Bonchev–Trinajstić information content (AvgIpc) is 3.23. The molecule has 0 bridgehead atoms. The SMILES string of the molecule is CC(=O)NCCCc1ccc(-c2csc(NC(=O)c3c(C)oc(C)c3C)n2)cc1. The number of carbonyl (C=O) groups is 2. The van der Waals surface area contributed by atoms with Gasteiger partial charge >= 0.3 is 0 Å². The van der Waals surface area contributed by atoms with Crippen molar-refractivity contribution in [1.82, 2.24) is 10.3 Å². The predicted octanol–water partition coefficient (Wildman–Crippen LogP) is 4.65. The molecular formula is C22H25N3O3S. The summed E-state index contributed by atoms with van der Waals surface area (Å²) < 4.78 is 5.54. The molecule has 2 aromatic heterocycles. The molecule has 0 aliphatic heterocycles. The number of hydrogen-bond acceptors (Lipinski definition) is 5. The number of amides is 2. The standard InChI is InChI=1S/C22H25N3O3S/c1-13-14(2)28-15(3)20(13)21(27)25-22-24-19(12-29-22)18-9-7-17(8-10-18)6-5-11-23-16(4)26/h7-10,12H,5-6,11H2,1-4H3,(H,23,26)(H,24,25,27). The molecule has 0 saturated heterocycles. The highest BCUT2D eigenvalue weighted by molar-refractivity contribution is 7.14. The molecule has 0 radical (unpaired) electrons. The Bertz CT molecular complexity index is 1020. The molecule has 2 N–H and O–H groups in total. The molecule has 0 saturated carbocycles. The Hall–Kier alpha value is -2.93. The van der Waals surface area contributed by atoms with Gasteiger partial charge in [-0.15, -0.1) is 11.3 Å². The normalized spacial score (nSPS) is 10.8. The average molecular weight is 412 g/mol. The van der Waals surface area contributed by atoms with Crippen molar-refractivity contribution in [2.45, 2.75) is 40.5 Å². The largest absolute Gasteiger partial charge is 0.466 e. The molecule has 0 unspecified atom stereocenters. The first kappa shape index (κ1) is 20.8. The van der Waals surface area contributed by atoms with E-state index in [0.29, 0.717) is 23.0 Å². The van der Waals surface area contributed by atoms with Gasteiger partial charge in [-0.2, -0.15) is 0 Å². The van der Waals surface area contributed by atoms with Crippen molar-refractivity contribution >= 4 is 28.3 Å². The molecular weight excluding hydrogens is 386 g/mol. The van der Waals surface area contributed by atoms with E-state index in [1.165, 1.54) is 23.8 Å². The third-order valence-electron chi connectivity index (χ3n) is 4.78. The van der Waals surface area contributed by atoms with Crippen molar-refractivity contribution in [2.75, 3.05) is 11.9 Å². The lowest BCUT2D eigenvalue weighted by atomic mass is 10.1. The van der Waals surface area contributed by atoms with Crippen LogP contribution >= 0.6 is 11.3 Å². The summed E-state index contributed by atoms with van der Waals surface area (Å²) in [5.74, 6) is 1.17. The molecule has 3 aromatic rings. The Morgan fingerprint density at radius 2 is 1.83 bits per heavy atom. The fourth-order valence-electron chi connectivity index (χ4n) is 3.15. The first-order chi connectivity index (χ1) is 13.8. The minimum absolute atomic E-state index is 0.000000902. The number of thiazole rings is 1. The van der Waals surface area contributed by atoms with Gasteiger partial charge < -0.3 is 9.73 Å². The predicted molar refractivity (Wildman–Crippen MR) is 115 cm³/mol. The highest BCUT2D eigenvalue weighted by Crippen LogP contribution is 2.27. The molecule has 2 amide bonds. The van der Waals surface area contributed by atoms with E-state index in [1.807, 2.05) is 31.4 Å². The highest BCUT2D eigenvalue weighted by atomic mass is 32.1. The minimum atomic E-state index is -0.202. The molecule has 2 heterocycles. The minimum Gasteiger partial charge on any atom is -0.466 e. The molecule has 0 spiro atoms. The molecule has 152 valence electrons. The molecule has 0 aliphatic rings. The maximum absolute atomic E-state index is 12.6. The highest BCUT2D eigenvalue weighted by Gasteiger charge is 2.19. The van der Waals surface area contributed by atoms with Crippen LogP contribution in [0.4, 0.5) is 5.13 Å². The number of rotatable bonds is 7. The molecule has 29 heavy (non-hydrogen) atoms. The number of aromatic nitrogens is 1. The van der Waals surface area contributed by atoms with E-state index >= 15 is 0 Å². The summed E-state index contributed by atoms with van der Waals surface area (Å²) in [4.78, 5) is 28.0. The van der Waals surface area contributed by atoms with Gasteiger partial charge in [-0.05, 0) is 39.2 Å². The summed E-state index contributed by atoms with van der Waals surface area (Å²) in [6.45, 7) is 7.73. The summed E-state index contributed by atoms with van der Waals surface area (Å²) in [6, 6.07) is 8.20. The number of benzene rings is 1. The monoisotopic (exact) mass is 411 g/mol. The van der Waals surface area contributed by atoms with Crippen LogP contribution in [0.15, 0.2) is 34.1 Å². The van der Waals surface area contributed by atoms with Crippen LogP contribution in [0.1, 0.15) is 46.3 Å². The van der Waals surface area contributed by atoms with E-state index in [4.69, 9.17) is 4.42 Å². The Morgan fingerprint density at radius 1 is 1.10 bits per heavy atom. The van der Waals surface area contributed by atoms with E-state index < -0.39 is 0 Å². The first-order valence-electron chi connectivity index (χ1n) is 9.52. The van der Waals surface area contributed by atoms with E-state index in [1.54, 1.807) is 6.92 Å². The Balaban J connectivity index is 1.62. The van der Waals surface area contributed by atoms with Crippen LogP contribution in [-0.4, -0.2) is 23.3 Å². The van der Waals surface area contributed by atoms with E-state index in [9.17, 15) is 9.59 Å². The summed E-state index contributed by atoms with van der Waals surface area (Å²) >= 11 is 1.40. The summed E-state index contributed by atoms with van der Waals surface area (Å²) in [6.07, 6.45) is 1.81. The second-order valence-corrected chi connectivity index (χ2v) is 7.85. The molecule has 3 rings (SSSR count). The zero-order valence-electron chi connectivity index (χ0n) is 17.1. The smallest absolute Gasteiger partial charge is 0.261 e. The van der Waals surface area contributed by atoms with Gasteiger partial charge in [0.1, 0.15) is 11.5 Å². The lowest BCUT2D eigenvalue weighted by Gasteiger charge is -2.04. The Morgan fingerprint density at radius 3 is 2.45 bits per heavy atom. The van der Waals surface area contributed by atoms with Gasteiger partial charge in [-0.3, -0.25) is 14.9 Å². The second kappa shape index (κ2) is 9.05. The van der Waals surface area contributed by atoms with Crippen LogP contribution in [0.5, 0.6) is 0 Å². The lowest BCUT2D eigenvalue weighted by molar-refractivity contribution is -0.118. The van der Waals surface area contributed by atoms with Crippen LogP contribution in [-0.2, 0) is 11.2 Å². The number of nitrogens with one attached hydrogen (secondary N) is 2. The van der Waals surface area contributed by atoms with Crippen LogP contribution in [0.3, 0.4) is 0 Å². The number of nitrogens with zero attached hydrogens (tertiary/aromatic N) is 1. The maximum atomic E-state index is 12.6. The van der Waals surface area contributed by atoms with Gasteiger partial charge in [0, 0.05) is 30.0 Å². The number of hydrogen-bond donors (Lipinski definition) is 2. The van der Waals surface area contributed by atoms with Crippen molar-refractivity contribution in [2.24, 2.45) is 0 Å². The van der Waals surface area contributed by atoms with Crippen LogP contribution in [0.2, 0.25) is 0 Å². The van der Waals surface area contributed by atoms with E-state index in [0.717, 1.165) is 35.4 Å². The van der Waals surface area contributed by atoms with Gasteiger partial charge in [0.15, 0.2) is 5.13 Å². The molecule has 0 aliphatic carbocycles. The zero-order chi connectivity index (χ0) is 21.0. The molecule has 0 atom stereocenters. The Labute approximate surface area is 174 Å². The van der Waals surface area contributed by atoms with Gasteiger partial charge in [0.25, 0.3) is 5.91 Å². The number of anilines is 1. The van der Waals surface area contributed by atoms with Gasteiger partial charge in [0.05, 0.1) is 11.3 Å². The van der Waals surface area contributed by atoms with Gasteiger partial charge in [-0.25, -0.2) is 4.98 Å². The summed E-state index contributed by atoms with van der Waals surface area (Å²) in [7, 11) is 0. The third-order valence-corrected chi connectivity index (χ3v) is 5.54. The van der Waals surface area contributed by atoms with E-state index in [-0.39, 0.29) is 11.8 Å². The zero-order valence-corrected chi connectivity index (χ0v) is 17.9. The molecule has 1 aromatic carbocycles. The number of furan rings is 1. The van der Waals surface area contributed by atoms with Crippen LogP contribution < -0.4 is 10.6 Å². The van der Waals surface area contributed by atoms with E-state index in [2.05, 4.69) is 27.8 Å². The first-order valence-corrected chi connectivity index (χ1v) is 10.4. The van der Waals surface area contributed by atoms with Crippen molar-refractivity contribution in [3.8, 4) is 11.3 Å². The summed E-state index contributed by atoms with van der Waals surface area (Å²) in [5.41, 5.74) is 4.46. The van der Waals surface area contributed by atoms with Crippen molar-refractivity contribution < 1.29 is 14.0 Å². The van der Waals surface area contributed by atoms with Crippen molar-refractivity contribution in [3.63, 3.8) is 0 Å². The fourth-order valence-corrected chi connectivity index (χ4v) is 3.86. The molecule has 6 nitrogen and oxygen atoms in total. The van der Waals surface area contributed by atoms with Gasteiger partial charge in [0.2, 0.25) is 5.91 Å². The fraction of sp³-hybridized carbons (Fsp3) is 0.318. The van der Waals surface area contributed by atoms with Crippen LogP contribution in [0, 0.1) is 20.8 Å². The third kappa shape index (κ3) is 5.12.